The van der Waals surface area contributed by atoms with Gasteiger partial charge in [0.05, 0.1) is 29.2 Å². The van der Waals surface area contributed by atoms with Gasteiger partial charge in [-0.1, -0.05) is 11.6 Å². The normalized spacial score (nSPS) is 10.7. The van der Waals surface area contributed by atoms with E-state index in [1.54, 1.807) is 22.9 Å². The van der Waals surface area contributed by atoms with Crippen LogP contribution in [0.5, 0.6) is 0 Å². The predicted octanol–water partition coefficient (Wildman–Crippen LogP) is 1.29. The lowest BCUT2D eigenvalue weighted by Gasteiger charge is -2.10. The molecule has 0 aliphatic heterocycles. The van der Waals surface area contributed by atoms with Gasteiger partial charge in [0.2, 0.25) is 0 Å². The molecule has 0 fully saturated rings. The first kappa shape index (κ1) is 15.2. The van der Waals surface area contributed by atoms with E-state index in [0.717, 1.165) is 11.4 Å². The largest absolute Gasteiger partial charge is 0.346 e. The van der Waals surface area contributed by atoms with E-state index in [9.17, 15) is 4.79 Å². The third-order valence-corrected chi connectivity index (χ3v) is 3.56. The lowest BCUT2D eigenvalue weighted by atomic mass is 10.1. The molecular weight excluding hydrogens is 318 g/mol. The van der Waals surface area contributed by atoms with Crippen LogP contribution in [0.25, 0.3) is 5.69 Å². The monoisotopic (exact) mass is 331 g/mol. The second kappa shape index (κ2) is 6.17. The summed E-state index contributed by atoms with van der Waals surface area (Å²) in [6.07, 6.45) is 1.42. The molecule has 3 rings (SSSR count). The molecule has 118 valence electrons. The van der Waals surface area contributed by atoms with E-state index >= 15 is 0 Å². The van der Waals surface area contributed by atoms with Gasteiger partial charge >= 0.3 is 0 Å². The molecule has 1 aromatic carbocycles. The van der Waals surface area contributed by atoms with E-state index < -0.39 is 0 Å². The molecule has 1 amide bonds. The number of aromatic nitrogens is 6. The minimum Gasteiger partial charge on any atom is -0.346 e. The van der Waals surface area contributed by atoms with Crippen molar-refractivity contribution in [1.82, 2.24) is 35.3 Å². The highest BCUT2D eigenvalue weighted by Crippen LogP contribution is 2.19. The molecule has 0 aliphatic carbocycles. The molecule has 0 radical (unpaired) electrons. The molecule has 0 bridgehead atoms. The van der Waals surface area contributed by atoms with Crippen molar-refractivity contribution in [3.63, 3.8) is 0 Å². The Kier molecular flexibility index (Phi) is 4.07. The van der Waals surface area contributed by atoms with Gasteiger partial charge in [-0.05, 0) is 41.6 Å². The topological polar surface area (TPSA) is 90.5 Å². The number of carbonyl (C=O) groups is 1. The molecule has 8 nitrogen and oxygen atoms in total. The van der Waals surface area contributed by atoms with E-state index in [2.05, 4.69) is 25.9 Å². The molecule has 0 aliphatic rings. The van der Waals surface area contributed by atoms with Gasteiger partial charge in [-0.15, -0.1) is 5.10 Å². The molecule has 9 heteroatoms. The number of halogens is 1. The number of benzene rings is 1. The minimum absolute atomic E-state index is 0.267. The summed E-state index contributed by atoms with van der Waals surface area (Å²) in [5, 5.41) is 18.6. The van der Waals surface area contributed by atoms with E-state index in [-0.39, 0.29) is 5.91 Å². The van der Waals surface area contributed by atoms with E-state index in [0.29, 0.717) is 22.8 Å². The van der Waals surface area contributed by atoms with Crippen LogP contribution in [0.1, 0.15) is 21.7 Å². The Bertz CT molecular complexity index is 841. The quantitative estimate of drug-likeness (QED) is 0.778. The minimum atomic E-state index is -0.267. The van der Waals surface area contributed by atoms with Crippen LogP contribution >= 0.6 is 11.6 Å². The van der Waals surface area contributed by atoms with Gasteiger partial charge in [-0.25, -0.2) is 0 Å². The fourth-order valence-corrected chi connectivity index (χ4v) is 2.43. The number of nitrogens with zero attached hydrogens (tertiary/aromatic N) is 6. The zero-order chi connectivity index (χ0) is 16.4. The second-order valence-electron chi connectivity index (χ2n) is 5.00. The average molecular weight is 332 g/mol. The Morgan fingerprint density at radius 2 is 2.17 bits per heavy atom. The number of tetrazole rings is 1. The molecule has 1 N–H and O–H groups in total. The first-order valence-corrected chi connectivity index (χ1v) is 7.23. The number of carbonyl (C=O) groups excluding carboxylic acids is 1. The molecule has 0 atom stereocenters. The van der Waals surface area contributed by atoms with Crippen molar-refractivity contribution in [1.29, 1.82) is 0 Å². The highest BCUT2D eigenvalue weighted by Gasteiger charge is 2.15. The number of aryl methyl sites for hydroxylation is 2. The van der Waals surface area contributed by atoms with Gasteiger partial charge in [-0.3, -0.25) is 9.48 Å². The molecule has 2 aromatic heterocycles. The van der Waals surface area contributed by atoms with Gasteiger partial charge in [0.25, 0.3) is 5.91 Å². The standard InChI is InChI=1S/C14H14ClN7O/c1-9-5-11(21(2)18-9)7-16-14(23)12-6-10(15)3-4-13(12)22-8-17-19-20-22/h3-6,8H,7H2,1-2H3,(H,16,23). The number of nitrogens with one attached hydrogen (secondary N) is 1. The number of hydrogen-bond acceptors (Lipinski definition) is 5. The summed E-state index contributed by atoms with van der Waals surface area (Å²) in [6.45, 7) is 2.26. The van der Waals surface area contributed by atoms with Gasteiger partial charge in [0.1, 0.15) is 6.33 Å². The van der Waals surface area contributed by atoms with Crippen molar-refractivity contribution in [2.75, 3.05) is 0 Å². The lowest BCUT2D eigenvalue weighted by Crippen LogP contribution is -2.25. The van der Waals surface area contributed by atoms with E-state index in [4.69, 9.17) is 11.6 Å². The van der Waals surface area contributed by atoms with Crippen LogP contribution in [0.3, 0.4) is 0 Å². The van der Waals surface area contributed by atoms with Crippen LogP contribution in [0.2, 0.25) is 5.02 Å². The maximum absolute atomic E-state index is 12.5. The Morgan fingerprint density at radius 3 is 2.83 bits per heavy atom. The number of amides is 1. The summed E-state index contributed by atoms with van der Waals surface area (Å²) < 4.78 is 3.15. The Hall–Kier alpha value is -2.74. The predicted molar refractivity (Wildman–Crippen MR) is 83.3 cm³/mol. The van der Waals surface area contributed by atoms with E-state index in [1.165, 1.54) is 11.0 Å². The Labute approximate surface area is 137 Å². The van der Waals surface area contributed by atoms with Crippen molar-refractivity contribution < 1.29 is 4.79 Å². The molecule has 3 aromatic rings. The summed E-state index contributed by atoms with van der Waals surface area (Å²) in [5.74, 6) is -0.267. The van der Waals surface area contributed by atoms with Crippen molar-refractivity contribution in [2.45, 2.75) is 13.5 Å². The number of hydrogen-bond donors (Lipinski definition) is 1. The SMILES string of the molecule is Cc1cc(CNC(=O)c2cc(Cl)ccc2-n2cnnn2)n(C)n1. The summed E-state index contributed by atoms with van der Waals surface area (Å²) in [7, 11) is 1.83. The zero-order valence-electron chi connectivity index (χ0n) is 12.6. The van der Waals surface area contributed by atoms with Gasteiger partial charge in [0.15, 0.2) is 0 Å². The van der Waals surface area contributed by atoms with Gasteiger partial charge in [0, 0.05) is 12.1 Å². The maximum Gasteiger partial charge on any atom is 0.253 e. The fourth-order valence-electron chi connectivity index (χ4n) is 2.26. The van der Waals surface area contributed by atoms with Gasteiger partial charge < -0.3 is 5.32 Å². The highest BCUT2D eigenvalue weighted by molar-refractivity contribution is 6.31. The van der Waals surface area contributed by atoms with Gasteiger partial charge in [-0.2, -0.15) is 9.78 Å². The van der Waals surface area contributed by atoms with Crippen molar-refractivity contribution in [2.24, 2.45) is 7.05 Å². The van der Waals surface area contributed by atoms with Crippen LogP contribution in [-0.2, 0) is 13.6 Å². The summed E-state index contributed by atoms with van der Waals surface area (Å²) in [6, 6.07) is 6.88. The van der Waals surface area contributed by atoms with Crippen molar-refractivity contribution in [3.05, 3.63) is 52.6 Å². The van der Waals surface area contributed by atoms with Crippen LogP contribution < -0.4 is 5.32 Å². The lowest BCUT2D eigenvalue weighted by molar-refractivity contribution is 0.0950. The fraction of sp³-hybridized carbons (Fsp3) is 0.214. The smallest absolute Gasteiger partial charge is 0.253 e. The number of rotatable bonds is 4. The molecule has 2 heterocycles. The van der Waals surface area contributed by atoms with Crippen molar-refractivity contribution >= 4 is 17.5 Å². The molecule has 0 saturated heterocycles. The Morgan fingerprint density at radius 1 is 1.35 bits per heavy atom. The highest BCUT2D eigenvalue weighted by atomic mass is 35.5. The molecular formula is C14H14ClN7O. The Balaban J connectivity index is 1.84. The first-order chi connectivity index (χ1) is 11.0. The van der Waals surface area contributed by atoms with Crippen LogP contribution in [-0.4, -0.2) is 35.9 Å². The molecule has 0 unspecified atom stereocenters. The summed E-state index contributed by atoms with van der Waals surface area (Å²) >= 11 is 6.01. The van der Waals surface area contributed by atoms with E-state index in [1.807, 2.05) is 20.0 Å². The first-order valence-electron chi connectivity index (χ1n) is 6.85. The van der Waals surface area contributed by atoms with Crippen LogP contribution in [0, 0.1) is 6.92 Å². The third-order valence-electron chi connectivity index (χ3n) is 3.33. The van der Waals surface area contributed by atoms with Crippen LogP contribution in [0.4, 0.5) is 0 Å². The summed E-state index contributed by atoms with van der Waals surface area (Å²) in [4.78, 5) is 12.5. The third kappa shape index (κ3) is 3.21. The average Bonchev–Trinajstić information content (AvgIpc) is 3.14. The molecule has 23 heavy (non-hydrogen) atoms. The zero-order valence-corrected chi connectivity index (χ0v) is 13.3. The van der Waals surface area contributed by atoms with Crippen LogP contribution in [0.15, 0.2) is 30.6 Å². The summed E-state index contributed by atoms with van der Waals surface area (Å²) in [5.41, 5.74) is 2.75. The molecule has 0 saturated carbocycles. The van der Waals surface area contributed by atoms with Crippen molar-refractivity contribution in [3.8, 4) is 5.69 Å². The maximum atomic E-state index is 12.5. The molecule has 0 spiro atoms. The second-order valence-corrected chi connectivity index (χ2v) is 5.44.